The molecule has 1 aliphatic rings. The first-order valence-electron chi connectivity index (χ1n) is 10.1. The van der Waals surface area contributed by atoms with E-state index in [2.05, 4.69) is 10.2 Å². The highest BCUT2D eigenvalue weighted by molar-refractivity contribution is 5.78. The van der Waals surface area contributed by atoms with Crippen molar-refractivity contribution < 1.29 is 4.79 Å². The number of rotatable bonds is 5. The van der Waals surface area contributed by atoms with Crippen LogP contribution in [0.5, 0.6) is 0 Å². The molecule has 2 aromatic heterocycles. The van der Waals surface area contributed by atoms with Crippen molar-refractivity contribution >= 4 is 5.91 Å². The number of para-hydroxylation sites is 1. The predicted molar refractivity (Wildman–Crippen MR) is 109 cm³/mol. The fraction of sp³-hybridized carbons (Fsp3) is 0.429. The van der Waals surface area contributed by atoms with E-state index < -0.39 is 0 Å². The van der Waals surface area contributed by atoms with Gasteiger partial charge < -0.3 is 4.90 Å². The topological polar surface area (TPSA) is 78.0 Å². The van der Waals surface area contributed by atoms with Crippen molar-refractivity contribution in [3.8, 4) is 5.69 Å². The molecule has 0 spiro atoms. The SMILES string of the molecule is CCn1nc2n(c1=O)CCC(C(=O)N(C)Cc1cnn(-c3ccccc3)c1)CC2. The predicted octanol–water partition coefficient (Wildman–Crippen LogP) is 1.86. The number of hydrogen-bond acceptors (Lipinski definition) is 4. The van der Waals surface area contributed by atoms with Crippen LogP contribution in [0.4, 0.5) is 0 Å². The highest BCUT2D eigenvalue weighted by atomic mass is 16.2. The van der Waals surface area contributed by atoms with E-state index in [1.807, 2.05) is 55.2 Å². The second-order valence-electron chi connectivity index (χ2n) is 7.51. The summed E-state index contributed by atoms with van der Waals surface area (Å²) >= 11 is 0. The van der Waals surface area contributed by atoms with E-state index in [9.17, 15) is 9.59 Å². The summed E-state index contributed by atoms with van der Waals surface area (Å²) < 4.78 is 5.03. The van der Waals surface area contributed by atoms with E-state index in [-0.39, 0.29) is 17.5 Å². The van der Waals surface area contributed by atoms with Crippen molar-refractivity contribution in [3.05, 3.63) is 64.6 Å². The zero-order valence-electron chi connectivity index (χ0n) is 16.9. The van der Waals surface area contributed by atoms with Crippen LogP contribution in [-0.2, 0) is 30.8 Å². The molecular formula is C21H26N6O2. The summed E-state index contributed by atoms with van der Waals surface area (Å²) in [6.07, 6.45) is 5.78. The Morgan fingerprint density at radius 1 is 1.24 bits per heavy atom. The first-order chi connectivity index (χ1) is 14.1. The molecule has 0 saturated carbocycles. The number of carbonyl (C=O) groups is 1. The average Bonchev–Trinajstić information content (AvgIpc) is 3.25. The first kappa shape index (κ1) is 19.2. The summed E-state index contributed by atoms with van der Waals surface area (Å²) in [6, 6.07) is 9.90. The molecule has 0 radical (unpaired) electrons. The van der Waals surface area contributed by atoms with Gasteiger partial charge in [0, 0.05) is 50.8 Å². The molecule has 8 heteroatoms. The van der Waals surface area contributed by atoms with Gasteiger partial charge in [0.2, 0.25) is 5.91 Å². The number of aromatic nitrogens is 5. The summed E-state index contributed by atoms with van der Waals surface area (Å²) in [5.74, 6) is 0.804. The van der Waals surface area contributed by atoms with Gasteiger partial charge in [0.15, 0.2) is 0 Å². The Bertz CT molecular complexity index is 1050. The molecule has 4 rings (SSSR count). The summed E-state index contributed by atoms with van der Waals surface area (Å²) in [6.45, 7) is 3.54. The Hall–Kier alpha value is -3.16. The highest BCUT2D eigenvalue weighted by Gasteiger charge is 2.27. The average molecular weight is 394 g/mol. The molecule has 0 saturated heterocycles. The van der Waals surface area contributed by atoms with Crippen LogP contribution < -0.4 is 5.69 Å². The molecule has 29 heavy (non-hydrogen) atoms. The van der Waals surface area contributed by atoms with Gasteiger partial charge >= 0.3 is 5.69 Å². The minimum absolute atomic E-state index is 0.0720. The van der Waals surface area contributed by atoms with Crippen LogP contribution >= 0.6 is 0 Å². The van der Waals surface area contributed by atoms with Crippen molar-refractivity contribution in [2.24, 2.45) is 5.92 Å². The van der Waals surface area contributed by atoms with Gasteiger partial charge in [-0.15, -0.1) is 0 Å². The van der Waals surface area contributed by atoms with Gasteiger partial charge in [-0.1, -0.05) is 18.2 Å². The standard InChI is InChI=1S/C21H26N6O2/c1-3-26-21(29)25-12-11-17(9-10-19(25)23-26)20(28)24(2)14-16-13-22-27(15-16)18-7-5-4-6-8-18/h4-8,13,15,17H,3,9-12,14H2,1-2H3. The number of nitrogens with zero attached hydrogens (tertiary/aromatic N) is 6. The van der Waals surface area contributed by atoms with Crippen LogP contribution in [0.2, 0.25) is 0 Å². The molecule has 1 atom stereocenters. The molecule has 1 amide bonds. The van der Waals surface area contributed by atoms with Gasteiger partial charge in [-0.05, 0) is 31.9 Å². The van der Waals surface area contributed by atoms with Crippen LogP contribution in [0, 0.1) is 5.92 Å². The van der Waals surface area contributed by atoms with Gasteiger partial charge in [-0.3, -0.25) is 9.36 Å². The number of hydrogen-bond donors (Lipinski definition) is 0. The van der Waals surface area contributed by atoms with Gasteiger partial charge in [-0.25, -0.2) is 14.2 Å². The lowest BCUT2D eigenvalue weighted by Gasteiger charge is -2.22. The summed E-state index contributed by atoms with van der Waals surface area (Å²) in [5.41, 5.74) is 1.90. The second kappa shape index (κ2) is 8.06. The Morgan fingerprint density at radius 2 is 2.03 bits per heavy atom. The molecule has 3 aromatic rings. The normalized spacial score (nSPS) is 16.3. The zero-order chi connectivity index (χ0) is 20.4. The summed E-state index contributed by atoms with van der Waals surface area (Å²) in [5, 5.41) is 8.80. The number of benzene rings is 1. The minimum Gasteiger partial charge on any atom is -0.341 e. The van der Waals surface area contributed by atoms with E-state index in [1.54, 1.807) is 15.7 Å². The molecule has 8 nitrogen and oxygen atoms in total. The lowest BCUT2D eigenvalue weighted by Crippen LogP contribution is -2.33. The van der Waals surface area contributed by atoms with E-state index in [1.165, 1.54) is 4.68 Å². The Balaban J connectivity index is 1.40. The summed E-state index contributed by atoms with van der Waals surface area (Å²) in [7, 11) is 1.83. The molecule has 1 unspecified atom stereocenters. The Labute approximate surface area is 169 Å². The van der Waals surface area contributed by atoms with Crippen molar-refractivity contribution in [1.82, 2.24) is 29.0 Å². The van der Waals surface area contributed by atoms with Crippen LogP contribution in [0.25, 0.3) is 5.69 Å². The van der Waals surface area contributed by atoms with Gasteiger partial charge in [0.1, 0.15) is 5.82 Å². The maximum atomic E-state index is 13.0. The van der Waals surface area contributed by atoms with E-state index in [0.29, 0.717) is 38.9 Å². The van der Waals surface area contributed by atoms with E-state index in [0.717, 1.165) is 17.1 Å². The fourth-order valence-electron chi connectivity index (χ4n) is 3.91. The molecule has 152 valence electrons. The maximum absolute atomic E-state index is 13.0. The van der Waals surface area contributed by atoms with Crippen molar-refractivity contribution in [1.29, 1.82) is 0 Å². The van der Waals surface area contributed by atoms with E-state index in [4.69, 9.17) is 0 Å². The number of fused-ring (bicyclic) bond motifs is 1. The Kier molecular flexibility index (Phi) is 5.33. The third-order valence-corrected chi connectivity index (χ3v) is 5.52. The Morgan fingerprint density at radius 3 is 2.79 bits per heavy atom. The smallest absolute Gasteiger partial charge is 0.341 e. The van der Waals surface area contributed by atoms with Crippen LogP contribution in [-0.4, -0.2) is 42.0 Å². The third kappa shape index (κ3) is 3.87. The molecule has 3 heterocycles. The molecule has 0 bridgehead atoms. The molecular weight excluding hydrogens is 368 g/mol. The van der Waals surface area contributed by atoms with Crippen LogP contribution in [0.3, 0.4) is 0 Å². The van der Waals surface area contributed by atoms with Crippen molar-refractivity contribution in [2.45, 2.75) is 45.8 Å². The molecule has 1 aromatic carbocycles. The number of aryl methyl sites for hydroxylation is 2. The maximum Gasteiger partial charge on any atom is 0.345 e. The first-order valence-corrected chi connectivity index (χ1v) is 10.1. The third-order valence-electron chi connectivity index (χ3n) is 5.52. The number of amides is 1. The van der Waals surface area contributed by atoms with Gasteiger partial charge in [-0.2, -0.15) is 10.2 Å². The quantitative estimate of drug-likeness (QED) is 0.662. The monoisotopic (exact) mass is 394 g/mol. The van der Waals surface area contributed by atoms with Gasteiger partial charge in [0.05, 0.1) is 11.9 Å². The van der Waals surface area contributed by atoms with E-state index >= 15 is 0 Å². The van der Waals surface area contributed by atoms with Crippen molar-refractivity contribution in [3.63, 3.8) is 0 Å². The van der Waals surface area contributed by atoms with Crippen LogP contribution in [0.1, 0.15) is 31.2 Å². The fourth-order valence-corrected chi connectivity index (χ4v) is 3.91. The minimum atomic E-state index is -0.0969. The molecule has 0 fully saturated rings. The van der Waals surface area contributed by atoms with Crippen molar-refractivity contribution in [2.75, 3.05) is 7.05 Å². The largest absolute Gasteiger partial charge is 0.345 e. The number of carbonyl (C=O) groups excluding carboxylic acids is 1. The molecule has 0 aliphatic carbocycles. The van der Waals surface area contributed by atoms with Gasteiger partial charge in [0.25, 0.3) is 0 Å². The highest BCUT2D eigenvalue weighted by Crippen LogP contribution is 2.21. The molecule has 0 N–H and O–H groups in total. The zero-order valence-corrected chi connectivity index (χ0v) is 16.9. The van der Waals surface area contributed by atoms with Crippen LogP contribution in [0.15, 0.2) is 47.5 Å². The second-order valence-corrected chi connectivity index (χ2v) is 7.51. The summed E-state index contributed by atoms with van der Waals surface area (Å²) in [4.78, 5) is 27.1. The lowest BCUT2D eigenvalue weighted by molar-refractivity contribution is -0.135. The lowest BCUT2D eigenvalue weighted by atomic mass is 9.98. The molecule has 1 aliphatic heterocycles.